The average molecular weight is 337 g/mol. The Morgan fingerprint density at radius 2 is 1.58 bits per heavy atom. The maximum absolute atomic E-state index is 4.62. The summed E-state index contributed by atoms with van der Waals surface area (Å²) in [6, 6.07) is 23.2. The van der Waals surface area contributed by atoms with Crippen LogP contribution in [0.2, 0.25) is 0 Å². The Hall–Kier alpha value is -3.20. The van der Waals surface area contributed by atoms with Crippen LogP contribution in [0.3, 0.4) is 0 Å². The molecular weight excluding hydrogens is 318 g/mol. The van der Waals surface area contributed by atoms with Crippen molar-refractivity contribution in [2.75, 3.05) is 5.32 Å². The third-order valence-corrected chi connectivity index (χ3v) is 5.33. The Balaban J connectivity index is 1.55. The van der Waals surface area contributed by atoms with Crippen molar-refractivity contribution in [2.45, 2.75) is 19.3 Å². The molecule has 0 aliphatic heterocycles. The normalized spacial score (nSPS) is 14.1. The highest BCUT2D eigenvalue weighted by Gasteiger charge is 2.35. The van der Waals surface area contributed by atoms with E-state index >= 15 is 0 Å². The van der Waals surface area contributed by atoms with Gasteiger partial charge in [0.25, 0.3) is 0 Å². The van der Waals surface area contributed by atoms with Crippen LogP contribution in [-0.2, 0) is 5.41 Å². The van der Waals surface area contributed by atoms with Crippen LogP contribution in [-0.4, -0.2) is 9.97 Å². The van der Waals surface area contributed by atoms with E-state index in [-0.39, 0.29) is 5.41 Å². The van der Waals surface area contributed by atoms with Gasteiger partial charge < -0.3 is 5.32 Å². The van der Waals surface area contributed by atoms with Crippen LogP contribution in [0.4, 0.5) is 11.6 Å². The van der Waals surface area contributed by atoms with Crippen molar-refractivity contribution in [3.05, 3.63) is 84.1 Å². The van der Waals surface area contributed by atoms with E-state index in [0.717, 1.165) is 16.6 Å². The van der Waals surface area contributed by atoms with Crippen LogP contribution >= 0.6 is 0 Å². The molecule has 0 amide bonds. The van der Waals surface area contributed by atoms with Crippen LogP contribution < -0.4 is 5.32 Å². The van der Waals surface area contributed by atoms with Gasteiger partial charge in [0.2, 0.25) is 5.95 Å². The SMILES string of the molecule is CC1(C)c2ccccc2-c2ccc(Nc3ncc4ccccc4n3)cc21. The summed E-state index contributed by atoms with van der Waals surface area (Å²) in [4.78, 5) is 9.07. The number of benzene rings is 3. The number of hydrogen-bond donors (Lipinski definition) is 1. The Bertz CT molecular complexity index is 1140. The molecule has 4 aromatic rings. The van der Waals surface area contributed by atoms with Crippen molar-refractivity contribution >= 4 is 22.5 Å². The molecule has 3 nitrogen and oxygen atoms in total. The molecule has 1 aliphatic rings. The van der Waals surface area contributed by atoms with Crippen LogP contribution in [0, 0.1) is 0 Å². The Morgan fingerprint density at radius 1 is 0.808 bits per heavy atom. The van der Waals surface area contributed by atoms with Gasteiger partial charge in [-0.1, -0.05) is 62.4 Å². The molecule has 1 heterocycles. The summed E-state index contributed by atoms with van der Waals surface area (Å²) in [5, 5.41) is 4.41. The topological polar surface area (TPSA) is 37.8 Å². The van der Waals surface area contributed by atoms with Gasteiger partial charge in [-0.3, -0.25) is 0 Å². The quantitative estimate of drug-likeness (QED) is 0.511. The third-order valence-electron chi connectivity index (χ3n) is 5.33. The second-order valence-electron chi connectivity index (χ2n) is 7.31. The van der Waals surface area contributed by atoms with Crippen molar-refractivity contribution in [3.63, 3.8) is 0 Å². The van der Waals surface area contributed by atoms with Crippen LogP contribution in [0.15, 0.2) is 72.9 Å². The van der Waals surface area contributed by atoms with Crippen LogP contribution in [0.1, 0.15) is 25.0 Å². The highest BCUT2D eigenvalue weighted by Crippen LogP contribution is 2.49. The molecule has 0 radical (unpaired) electrons. The first kappa shape index (κ1) is 15.1. The van der Waals surface area contributed by atoms with Crippen molar-refractivity contribution in [1.82, 2.24) is 9.97 Å². The molecule has 26 heavy (non-hydrogen) atoms. The van der Waals surface area contributed by atoms with Crippen molar-refractivity contribution in [3.8, 4) is 11.1 Å². The molecule has 0 atom stereocenters. The molecule has 1 aromatic heterocycles. The predicted molar refractivity (Wildman–Crippen MR) is 107 cm³/mol. The number of fused-ring (bicyclic) bond motifs is 4. The third kappa shape index (κ3) is 2.21. The van der Waals surface area contributed by atoms with E-state index in [4.69, 9.17) is 0 Å². The molecule has 3 aromatic carbocycles. The first-order chi connectivity index (χ1) is 12.6. The number of anilines is 2. The molecule has 0 saturated heterocycles. The van der Waals surface area contributed by atoms with Gasteiger partial charge in [0.05, 0.1) is 5.52 Å². The lowest BCUT2D eigenvalue weighted by atomic mass is 9.82. The molecule has 126 valence electrons. The zero-order valence-electron chi connectivity index (χ0n) is 14.8. The maximum Gasteiger partial charge on any atom is 0.227 e. The van der Waals surface area contributed by atoms with E-state index in [1.807, 2.05) is 30.5 Å². The molecular formula is C23H19N3. The van der Waals surface area contributed by atoms with Crippen LogP contribution in [0.5, 0.6) is 0 Å². The fraction of sp³-hybridized carbons (Fsp3) is 0.130. The summed E-state index contributed by atoms with van der Waals surface area (Å²) in [5.74, 6) is 0.622. The molecule has 1 N–H and O–H groups in total. The molecule has 0 bridgehead atoms. The van der Waals surface area contributed by atoms with Gasteiger partial charge in [-0.05, 0) is 40.5 Å². The van der Waals surface area contributed by atoms with Gasteiger partial charge in [-0.15, -0.1) is 0 Å². The highest BCUT2D eigenvalue weighted by atomic mass is 15.1. The predicted octanol–water partition coefficient (Wildman–Crippen LogP) is 5.68. The number of nitrogens with zero attached hydrogens (tertiary/aromatic N) is 2. The summed E-state index contributed by atoms with van der Waals surface area (Å²) in [6.45, 7) is 4.57. The lowest BCUT2D eigenvalue weighted by molar-refractivity contribution is 0.660. The second-order valence-corrected chi connectivity index (χ2v) is 7.31. The molecule has 5 rings (SSSR count). The average Bonchev–Trinajstić information content (AvgIpc) is 2.89. The van der Waals surface area contributed by atoms with Crippen molar-refractivity contribution in [1.29, 1.82) is 0 Å². The first-order valence-electron chi connectivity index (χ1n) is 8.86. The number of rotatable bonds is 2. The number of nitrogens with one attached hydrogen (secondary N) is 1. The minimum absolute atomic E-state index is 0.00609. The smallest absolute Gasteiger partial charge is 0.227 e. The monoisotopic (exact) mass is 337 g/mol. The number of aromatic nitrogens is 2. The Kier molecular flexibility index (Phi) is 3.13. The molecule has 0 saturated carbocycles. The maximum atomic E-state index is 4.62. The van der Waals surface area contributed by atoms with E-state index in [1.165, 1.54) is 22.3 Å². The summed E-state index contributed by atoms with van der Waals surface area (Å²) in [7, 11) is 0. The van der Waals surface area contributed by atoms with Gasteiger partial charge in [0.15, 0.2) is 0 Å². The van der Waals surface area contributed by atoms with E-state index in [2.05, 4.69) is 71.6 Å². The summed E-state index contributed by atoms with van der Waals surface area (Å²) < 4.78 is 0. The van der Waals surface area contributed by atoms with Gasteiger partial charge in [0.1, 0.15) is 0 Å². The Morgan fingerprint density at radius 3 is 2.50 bits per heavy atom. The fourth-order valence-corrected chi connectivity index (χ4v) is 3.94. The minimum Gasteiger partial charge on any atom is -0.324 e. The molecule has 3 heteroatoms. The van der Waals surface area contributed by atoms with Gasteiger partial charge in [-0.2, -0.15) is 0 Å². The van der Waals surface area contributed by atoms with Gasteiger partial charge >= 0.3 is 0 Å². The summed E-state index contributed by atoms with van der Waals surface area (Å²) in [6.07, 6.45) is 1.86. The second kappa shape index (κ2) is 5.40. The summed E-state index contributed by atoms with van der Waals surface area (Å²) >= 11 is 0. The first-order valence-corrected chi connectivity index (χ1v) is 8.86. The molecule has 0 fully saturated rings. The van der Waals surface area contributed by atoms with Gasteiger partial charge in [0, 0.05) is 22.7 Å². The highest BCUT2D eigenvalue weighted by molar-refractivity contribution is 5.83. The Labute approximate surface area is 152 Å². The zero-order chi connectivity index (χ0) is 17.7. The van der Waals surface area contributed by atoms with E-state index in [1.54, 1.807) is 0 Å². The molecule has 0 spiro atoms. The number of hydrogen-bond acceptors (Lipinski definition) is 3. The fourth-order valence-electron chi connectivity index (χ4n) is 3.94. The molecule has 1 aliphatic carbocycles. The van der Waals surface area contributed by atoms with E-state index in [9.17, 15) is 0 Å². The lowest BCUT2D eigenvalue weighted by Gasteiger charge is -2.22. The zero-order valence-corrected chi connectivity index (χ0v) is 14.8. The van der Waals surface area contributed by atoms with Crippen molar-refractivity contribution < 1.29 is 0 Å². The van der Waals surface area contributed by atoms with Crippen molar-refractivity contribution in [2.24, 2.45) is 0 Å². The van der Waals surface area contributed by atoms with Crippen LogP contribution in [0.25, 0.3) is 22.0 Å². The number of para-hydroxylation sites is 1. The van der Waals surface area contributed by atoms with Gasteiger partial charge in [-0.25, -0.2) is 9.97 Å². The van der Waals surface area contributed by atoms with E-state index in [0.29, 0.717) is 5.95 Å². The van der Waals surface area contributed by atoms with E-state index < -0.39 is 0 Å². The standard InChI is InChI=1S/C23H19N3/c1-23(2)19-9-5-4-8-17(19)18-12-11-16(13-20(18)23)25-22-24-14-15-7-3-6-10-21(15)26-22/h3-14H,1-2H3,(H,24,25,26). The summed E-state index contributed by atoms with van der Waals surface area (Å²) in [5.41, 5.74) is 7.32. The molecule has 0 unspecified atom stereocenters. The largest absolute Gasteiger partial charge is 0.324 e. The minimum atomic E-state index is -0.00609. The lowest BCUT2D eigenvalue weighted by Crippen LogP contribution is -2.15.